The van der Waals surface area contributed by atoms with Crippen LogP contribution in [0.4, 0.5) is 14.5 Å². The van der Waals surface area contributed by atoms with Gasteiger partial charge in [0.2, 0.25) is 5.91 Å². The number of nitrogens with one attached hydrogen (secondary N) is 1. The van der Waals surface area contributed by atoms with E-state index in [1.807, 2.05) is 0 Å². The monoisotopic (exact) mass is 408 g/mol. The van der Waals surface area contributed by atoms with E-state index in [4.69, 9.17) is 0 Å². The second-order valence-electron chi connectivity index (χ2n) is 6.96. The van der Waals surface area contributed by atoms with Gasteiger partial charge < -0.3 is 5.32 Å². The average Bonchev–Trinajstić information content (AvgIpc) is 3.04. The molecule has 6 nitrogen and oxygen atoms in total. The molecule has 0 spiro atoms. The van der Waals surface area contributed by atoms with Crippen molar-refractivity contribution in [3.63, 3.8) is 0 Å². The lowest BCUT2D eigenvalue weighted by Gasteiger charge is -2.13. The molecule has 4 aromatic rings. The molecule has 0 radical (unpaired) electrons. The smallest absolute Gasteiger partial charge is 0.252 e. The molecule has 0 saturated carbocycles. The van der Waals surface area contributed by atoms with Crippen LogP contribution in [0.5, 0.6) is 0 Å². The molecule has 0 bridgehead atoms. The van der Waals surface area contributed by atoms with Crippen molar-refractivity contribution < 1.29 is 13.6 Å². The number of hydrogen-bond acceptors (Lipinski definition) is 3. The lowest BCUT2D eigenvalue weighted by atomic mass is 10.1. The van der Waals surface area contributed by atoms with Gasteiger partial charge >= 0.3 is 0 Å². The highest BCUT2D eigenvalue weighted by Gasteiger charge is 2.19. The lowest BCUT2D eigenvalue weighted by Crippen LogP contribution is -2.29. The minimum absolute atomic E-state index is 0.0220. The van der Waals surface area contributed by atoms with Crippen LogP contribution in [0, 0.1) is 25.5 Å². The molecule has 2 aromatic carbocycles. The maximum Gasteiger partial charge on any atom is 0.252 e. The molecular formula is C22H18F2N4O2. The van der Waals surface area contributed by atoms with Crippen molar-refractivity contribution in [1.82, 2.24) is 14.3 Å². The van der Waals surface area contributed by atoms with E-state index in [1.54, 1.807) is 26.0 Å². The highest BCUT2D eigenvalue weighted by molar-refractivity contribution is 5.92. The van der Waals surface area contributed by atoms with Crippen LogP contribution in [0.25, 0.3) is 16.7 Å². The Morgan fingerprint density at radius 2 is 1.83 bits per heavy atom. The Morgan fingerprint density at radius 3 is 2.57 bits per heavy atom. The third-order valence-corrected chi connectivity index (χ3v) is 4.79. The molecule has 8 heteroatoms. The highest BCUT2D eigenvalue weighted by Crippen LogP contribution is 2.24. The number of amides is 1. The number of pyridine rings is 1. The van der Waals surface area contributed by atoms with Crippen LogP contribution in [0.1, 0.15) is 11.3 Å². The van der Waals surface area contributed by atoms with Gasteiger partial charge in [0.25, 0.3) is 5.56 Å². The van der Waals surface area contributed by atoms with E-state index >= 15 is 0 Å². The molecular weight excluding hydrogens is 390 g/mol. The summed E-state index contributed by atoms with van der Waals surface area (Å²) in [6.07, 6.45) is 0. The molecule has 30 heavy (non-hydrogen) atoms. The van der Waals surface area contributed by atoms with Crippen LogP contribution in [0.3, 0.4) is 0 Å². The molecule has 0 fully saturated rings. The minimum Gasteiger partial charge on any atom is -0.322 e. The van der Waals surface area contributed by atoms with Gasteiger partial charge in [-0.15, -0.1) is 0 Å². The first-order chi connectivity index (χ1) is 14.3. The van der Waals surface area contributed by atoms with E-state index in [9.17, 15) is 18.4 Å². The molecule has 0 saturated heterocycles. The summed E-state index contributed by atoms with van der Waals surface area (Å²) in [5.41, 5.74) is 1.72. The summed E-state index contributed by atoms with van der Waals surface area (Å²) in [6.45, 7) is 3.20. The molecule has 0 aliphatic rings. The molecule has 2 aromatic heterocycles. The van der Waals surface area contributed by atoms with Crippen molar-refractivity contribution in [2.75, 3.05) is 5.32 Å². The first-order valence-electron chi connectivity index (χ1n) is 9.25. The summed E-state index contributed by atoms with van der Waals surface area (Å²) in [6, 6.07) is 13.0. The van der Waals surface area contributed by atoms with Gasteiger partial charge in [0.15, 0.2) is 0 Å². The maximum atomic E-state index is 13.9. The topological polar surface area (TPSA) is 68.9 Å². The van der Waals surface area contributed by atoms with Crippen molar-refractivity contribution in [2.45, 2.75) is 20.4 Å². The second kappa shape index (κ2) is 7.55. The normalized spacial score (nSPS) is 11.1. The van der Waals surface area contributed by atoms with E-state index in [2.05, 4.69) is 10.4 Å². The zero-order valence-electron chi connectivity index (χ0n) is 16.3. The largest absolute Gasteiger partial charge is 0.322 e. The third-order valence-electron chi connectivity index (χ3n) is 4.79. The number of fused-ring (bicyclic) bond motifs is 1. The fourth-order valence-electron chi connectivity index (χ4n) is 3.50. The number of rotatable bonds is 4. The standard InChI is InChI=1S/C22H18F2N4O2/c1-13-10-20(30)27(12-19(29)25-18-9-4-3-8-17(18)24)22-21(13)14(2)26-28(22)16-7-5-6-15(23)11-16/h3-11H,12H2,1-2H3,(H,25,29). The van der Waals surface area contributed by atoms with Crippen molar-refractivity contribution >= 4 is 22.6 Å². The first-order valence-corrected chi connectivity index (χ1v) is 9.25. The van der Waals surface area contributed by atoms with Gasteiger partial charge in [-0.25, -0.2) is 13.5 Å². The van der Waals surface area contributed by atoms with Crippen LogP contribution >= 0.6 is 0 Å². The Morgan fingerprint density at radius 1 is 1.07 bits per heavy atom. The van der Waals surface area contributed by atoms with E-state index in [0.29, 0.717) is 28.0 Å². The minimum atomic E-state index is -0.576. The van der Waals surface area contributed by atoms with Crippen LogP contribution < -0.4 is 10.9 Å². The molecule has 1 amide bonds. The van der Waals surface area contributed by atoms with Gasteiger partial charge in [0.1, 0.15) is 23.8 Å². The molecule has 152 valence electrons. The summed E-state index contributed by atoms with van der Waals surface area (Å²) in [7, 11) is 0. The van der Waals surface area contributed by atoms with Crippen LogP contribution in [-0.2, 0) is 11.3 Å². The van der Waals surface area contributed by atoms with Crippen molar-refractivity contribution in [1.29, 1.82) is 0 Å². The van der Waals surface area contributed by atoms with Crippen molar-refractivity contribution in [3.8, 4) is 5.69 Å². The number of aromatic nitrogens is 3. The zero-order chi connectivity index (χ0) is 21.4. The lowest BCUT2D eigenvalue weighted by molar-refractivity contribution is -0.116. The molecule has 0 aliphatic heterocycles. The van der Waals surface area contributed by atoms with E-state index in [0.717, 1.165) is 0 Å². The van der Waals surface area contributed by atoms with Crippen molar-refractivity contribution in [2.24, 2.45) is 0 Å². The Balaban J connectivity index is 1.84. The highest BCUT2D eigenvalue weighted by atomic mass is 19.1. The summed E-state index contributed by atoms with van der Waals surface area (Å²) in [4.78, 5) is 25.4. The van der Waals surface area contributed by atoms with Crippen molar-refractivity contribution in [3.05, 3.63) is 87.8 Å². The Kier molecular flexibility index (Phi) is 4.91. The molecule has 1 N–H and O–H groups in total. The fraction of sp³-hybridized carbons (Fsp3) is 0.136. The molecule has 0 atom stereocenters. The quantitative estimate of drug-likeness (QED) is 0.560. The van der Waals surface area contributed by atoms with Gasteiger partial charge in [-0.2, -0.15) is 5.10 Å². The van der Waals surface area contributed by atoms with Crippen LogP contribution in [0.2, 0.25) is 0 Å². The third kappa shape index (κ3) is 3.47. The fourth-order valence-corrected chi connectivity index (χ4v) is 3.50. The van der Waals surface area contributed by atoms with Crippen LogP contribution in [0.15, 0.2) is 59.4 Å². The Hall–Kier alpha value is -3.81. The predicted molar refractivity (Wildman–Crippen MR) is 110 cm³/mol. The SMILES string of the molecule is Cc1cc(=O)n(CC(=O)Nc2ccccc2F)c2c1c(C)nn2-c1cccc(F)c1. The van der Waals surface area contributed by atoms with Gasteiger partial charge in [-0.1, -0.05) is 18.2 Å². The molecule has 2 heterocycles. The summed E-state index contributed by atoms with van der Waals surface area (Å²) < 4.78 is 30.4. The summed E-state index contributed by atoms with van der Waals surface area (Å²) in [5, 5.41) is 7.64. The average molecular weight is 408 g/mol. The molecule has 0 aliphatic carbocycles. The number of anilines is 1. The van der Waals surface area contributed by atoms with Gasteiger partial charge in [0, 0.05) is 11.5 Å². The van der Waals surface area contributed by atoms with Gasteiger partial charge in [0.05, 0.1) is 17.1 Å². The van der Waals surface area contributed by atoms with Gasteiger partial charge in [-0.3, -0.25) is 14.2 Å². The number of carbonyl (C=O) groups is 1. The molecule has 4 rings (SSSR count). The maximum absolute atomic E-state index is 13.9. The number of benzene rings is 2. The first kappa shape index (κ1) is 19.5. The Labute approximate surface area is 170 Å². The predicted octanol–water partition coefficient (Wildman–Crippen LogP) is 3.72. The second-order valence-corrected chi connectivity index (χ2v) is 6.96. The summed E-state index contributed by atoms with van der Waals surface area (Å²) in [5.74, 6) is -1.60. The number of nitrogens with zero attached hydrogens (tertiary/aromatic N) is 3. The number of para-hydroxylation sites is 1. The number of carbonyl (C=O) groups excluding carboxylic acids is 1. The number of aryl methyl sites for hydroxylation is 2. The molecule has 0 unspecified atom stereocenters. The van der Waals surface area contributed by atoms with Crippen LogP contribution in [-0.4, -0.2) is 20.3 Å². The van der Waals surface area contributed by atoms with E-state index in [1.165, 1.54) is 51.7 Å². The number of hydrogen-bond donors (Lipinski definition) is 1. The van der Waals surface area contributed by atoms with Gasteiger partial charge in [-0.05, 0) is 49.7 Å². The van der Waals surface area contributed by atoms with E-state index in [-0.39, 0.29) is 12.2 Å². The number of halogens is 2. The zero-order valence-corrected chi connectivity index (χ0v) is 16.3. The Bertz CT molecular complexity index is 1340. The summed E-state index contributed by atoms with van der Waals surface area (Å²) >= 11 is 0. The van der Waals surface area contributed by atoms with E-state index < -0.39 is 23.1 Å².